The maximum atomic E-state index is 12.7. The van der Waals surface area contributed by atoms with E-state index in [0.29, 0.717) is 11.8 Å². The normalized spacial score (nSPS) is 27.9. The Labute approximate surface area is 128 Å². The number of hydrogen-bond acceptors (Lipinski definition) is 4. The minimum atomic E-state index is 0.138. The van der Waals surface area contributed by atoms with Crippen LogP contribution in [0.4, 0.5) is 0 Å². The molecule has 4 rings (SSSR count). The van der Waals surface area contributed by atoms with Crippen molar-refractivity contribution in [2.45, 2.75) is 31.2 Å². The molecule has 0 radical (unpaired) electrons. The topological polar surface area (TPSA) is 68.8 Å². The molecule has 0 spiro atoms. The van der Waals surface area contributed by atoms with Crippen LogP contribution in [-0.4, -0.2) is 48.4 Å². The van der Waals surface area contributed by atoms with Crippen LogP contribution in [0.25, 0.3) is 0 Å². The van der Waals surface area contributed by atoms with Crippen LogP contribution in [-0.2, 0) is 11.8 Å². The smallest absolute Gasteiger partial charge is 0.226 e. The zero-order valence-corrected chi connectivity index (χ0v) is 12.7. The van der Waals surface area contributed by atoms with Crippen molar-refractivity contribution in [3.63, 3.8) is 0 Å². The molecule has 7 heteroatoms. The van der Waals surface area contributed by atoms with Gasteiger partial charge in [-0.15, -0.1) is 0 Å². The molecule has 22 heavy (non-hydrogen) atoms. The van der Waals surface area contributed by atoms with Gasteiger partial charge < -0.3 is 4.90 Å². The van der Waals surface area contributed by atoms with Crippen molar-refractivity contribution >= 4 is 5.91 Å². The lowest BCUT2D eigenvalue weighted by Gasteiger charge is -2.32. The summed E-state index contributed by atoms with van der Waals surface area (Å²) in [6.07, 6.45) is 10.2. The number of carbonyl (C=O) groups excluding carboxylic acids is 1. The Bertz CT molecular complexity index is 663. The number of rotatable bonds is 3. The molecule has 0 N–H and O–H groups in total. The van der Waals surface area contributed by atoms with E-state index in [-0.39, 0.29) is 12.0 Å². The van der Waals surface area contributed by atoms with E-state index in [1.165, 1.54) is 5.56 Å². The van der Waals surface area contributed by atoms with Crippen molar-refractivity contribution in [3.8, 4) is 0 Å². The molecule has 1 amide bonds. The van der Waals surface area contributed by atoms with Gasteiger partial charge in [-0.05, 0) is 30.7 Å². The Morgan fingerprint density at radius 2 is 2.27 bits per heavy atom. The summed E-state index contributed by atoms with van der Waals surface area (Å²) >= 11 is 0. The first kappa shape index (κ1) is 13.5. The highest BCUT2D eigenvalue weighted by Gasteiger charge is 2.47. The van der Waals surface area contributed by atoms with E-state index < -0.39 is 0 Å². The highest BCUT2D eigenvalue weighted by Crippen LogP contribution is 2.48. The second kappa shape index (κ2) is 5.23. The Morgan fingerprint density at radius 3 is 3.00 bits per heavy atom. The van der Waals surface area contributed by atoms with Gasteiger partial charge in [-0.3, -0.25) is 9.48 Å². The van der Waals surface area contributed by atoms with Crippen LogP contribution in [0.15, 0.2) is 25.0 Å². The van der Waals surface area contributed by atoms with Crippen LogP contribution >= 0.6 is 0 Å². The van der Waals surface area contributed by atoms with Gasteiger partial charge in [0.25, 0.3) is 0 Å². The molecule has 2 aliphatic rings. The first-order valence-electron chi connectivity index (χ1n) is 7.84. The fourth-order valence-electron chi connectivity index (χ4n) is 3.48. The standard InChI is InChI=1S/C15H20N6O/c1-19-7-11(6-17-19)13-5-14(13)15(22)20-4-2-3-12(8-20)21-10-16-9-18-21/h6-7,9-10,12-14H,2-5,8H2,1H3/t12-,13-,14+/m0/s1. The first-order chi connectivity index (χ1) is 10.7. The van der Waals surface area contributed by atoms with Crippen LogP contribution in [0.1, 0.15) is 36.8 Å². The largest absolute Gasteiger partial charge is 0.340 e. The molecule has 1 aliphatic carbocycles. The van der Waals surface area contributed by atoms with Gasteiger partial charge in [0.2, 0.25) is 5.91 Å². The van der Waals surface area contributed by atoms with Crippen LogP contribution in [0.5, 0.6) is 0 Å². The number of aryl methyl sites for hydroxylation is 1. The molecule has 7 nitrogen and oxygen atoms in total. The lowest BCUT2D eigenvalue weighted by Crippen LogP contribution is -2.41. The highest BCUT2D eigenvalue weighted by molar-refractivity contribution is 5.83. The molecule has 0 bridgehead atoms. The molecule has 1 saturated carbocycles. The number of nitrogens with zero attached hydrogens (tertiary/aromatic N) is 6. The van der Waals surface area contributed by atoms with E-state index in [2.05, 4.69) is 15.2 Å². The van der Waals surface area contributed by atoms with E-state index in [1.54, 1.807) is 17.3 Å². The maximum Gasteiger partial charge on any atom is 0.226 e. The minimum Gasteiger partial charge on any atom is -0.340 e. The Morgan fingerprint density at radius 1 is 1.36 bits per heavy atom. The zero-order chi connectivity index (χ0) is 15.1. The number of piperidine rings is 1. The van der Waals surface area contributed by atoms with E-state index in [4.69, 9.17) is 0 Å². The van der Waals surface area contributed by atoms with Crippen molar-refractivity contribution in [3.05, 3.63) is 30.6 Å². The van der Waals surface area contributed by atoms with Gasteiger partial charge in [0.1, 0.15) is 12.7 Å². The molecular weight excluding hydrogens is 280 g/mol. The lowest BCUT2D eigenvalue weighted by molar-refractivity contribution is -0.134. The summed E-state index contributed by atoms with van der Waals surface area (Å²) in [6, 6.07) is 0.260. The first-order valence-corrected chi connectivity index (χ1v) is 7.84. The van der Waals surface area contributed by atoms with Gasteiger partial charge in [-0.2, -0.15) is 10.2 Å². The third kappa shape index (κ3) is 2.40. The number of aromatic nitrogens is 5. The molecule has 2 aromatic rings. The summed E-state index contributed by atoms with van der Waals surface area (Å²) in [4.78, 5) is 18.7. The summed E-state index contributed by atoms with van der Waals surface area (Å²) < 4.78 is 3.68. The maximum absolute atomic E-state index is 12.7. The molecule has 3 atom stereocenters. The summed E-state index contributed by atoms with van der Waals surface area (Å²) in [6.45, 7) is 1.61. The average molecular weight is 300 g/mol. The van der Waals surface area contributed by atoms with Gasteiger partial charge in [-0.1, -0.05) is 0 Å². The molecule has 1 aliphatic heterocycles. The molecule has 2 fully saturated rings. The minimum absolute atomic E-state index is 0.138. The van der Waals surface area contributed by atoms with Crippen LogP contribution < -0.4 is 0 Å². The predicted octanol–water partition coefficient (Wildman–Crippen LogP) is 0.979. The van der Waals surface area contributed by atoms with Gasteiger partial charge in [0, 0.05) is 32.3 Å². The molecule has 0 unspecified atom stereocenters. The number of carbonyl (C=O) groups is 1. The number of amides is 1. The Kier molecular flexibility index (Phi) is 3.20. The fraction of sp³-hybridized carbons (Fsp3) is 0.600. The van der Waals surface area contributed by atoms with Gasteiger partial charge in [0.15, 0.2) is 0 Å². The number of hydrogen-bond donors (Lipinski definition) is 0. The van der Waals surface area contributed by atoms with Crippen LogP contribution in [0.3, 0.4) is 0 Å². The van der Waals surface area contributed by atoms with Gasteiger partial charge >= 0.3 is 0 Å². The van der Waals surface area contributed by atoms with Crippen molar-refractivity contribution in [2.24, 2.45) is 13.0 Å². The molecular formula is C15H20N6O. The van der Waals surface area contributed by atoms with Crippen molar-refractivity contribution in [1.82, 2.24) is 29.4 Å². The van der Waals surface area contributed by atoms with E-state index in [9.17, 15) is 4.79 Å². The predicted molar refractivity (Wildman–Crippen MR) is 78.9 cm³/mol. The summed E-state index contributed by atoms with van der Waals surface area (Å²) in [7, 11) is 1.91. The van der Waals surface area contributed by atoms with Crippen molar-refractivity contribution in [2.75, 3.05) is 13.1 Å². The SMILES string of the molecule is Cn1cc([C@@H]2C[C@H]2C(=O)N2CCC[C@H](n3cncn3)C2)cn1. The molecule has 116 valence electrons. The average Bonchev–Trinajstić information content (AvgIpc) is 2.95. The molecule has 2 aromatic heterocycles. The van der Waals surface area contributed by atoms with E-state index in [1.807, 2.05) is 29.0 Å². The lowest BCUT2D eigenvalue weighted by atomic mass is 10.0. The number of likely N-dealkylation sites (tertiary alicyclic amines) is 1. The Balaban J connectivity index is 1.41. The third-order valence-electron chi connectivity index (χ3n) is 4.78. The fourth-order valence-corrected chi connectivity index (χ4v) is 3.48. The molecule has 1 saturated heterocycles. The summed E-state index contributed by atoms with van der Waals surface area (Å²) in [5.74, 6) is 0.783. The quantitative estimate of drug-likeness (QED) is 0.847. The highest BCUT2D eigenvalue weighted by atomic mass is 16.2. The third-order valence-corrected chi connectivity index (χ3v) is 4.78. The van der Waals surface area contributed by atoms with E-state index in [0.717, 1.165) is 32.4 Å². The zero-order valence-electron chi connectivity index (χ0n) is 12.7. The molecule has 0 aromatic carbocycles. The second-order valence-corrected chi connectivity index (χ2v) is 6.35. The van der Waals surface area contributed by atoms with Crippen molar-refractivity contribution in [1.29, 1.82) is 0 Å². The Hall–Kier alpha value is -2.18. The van der Waals surface area contributed by atoms with Crippen LogP contribution in [0.2, 0.25) is 0 Å². The van der Waals surface area contributed by atoms with E-state index >= 15 is 0 Å². The monoisotopic (exact) mass is 300 g/mol. The van der Waals surface area contributed by atoms with Gasteiger partial charge in [-0.25, -0.2) is 9.67 Å². The van der Waals surface area contributed by atoms with Crippen molar-refractivity contribution < 1.29 is 4.79 Å². The summed E-state index contributed by atoms with van der Waals surface area (Å²) in [5.41, 5.74) is 1.19. The summed E-state index contributed by atoms with van der Waals surface area (Å²) in [5, 5.41) is 8.42. The van der Waals surface area contributed by atoms with Gasteiger partial charge in [0.05, 0.1) is 12.2 Å². The molecule has 3 heterocycles. The second-order valence-electron chi connectivity index (χ2n) is 6.35. The van der Waals surface area contributed by atoms with Crippen LogP contribution in [0, 0.1) is 5.92 Å².